The highest BCUT2D eigenvalue weighted by molar-refractivity contribution is 6.30. The van der Waals surface area contributed by atoms with Crippen LogP contribution in [0.15, 0.2) is 36.7 Å². The van der Waals surface area contributed by atoms with Crippen molar-refractivity contribution in [2.45, 2.75) is 19.4 Å². The molecule has 2 aromatic rings. The van der Waals surface area contributed by atoms with Crippen LogP contribution in [0.25, 0.3) is 5.69 Å². The van der Waals surface area contributed by atoms with Crippen molar-refractivity contribution in [3.63, 3.8) is 0 Å². The molecule has 2 N–H and O–H groups in total. The van der Waals surface area contributed by atoms with Gasteiger partial charge in [0.2, 0.25) is 0 Å². The Hall–Kier alpha value is -1.32. The molecule has 0 aliphatic carbocycles. The number of rotatable bonds is 3. The number of aromatic nitrogens is 2. The molecule has 0 bridgehead atoms. The van der Waals surface area contributed by atoms with Gasteiger partial charge in [0.25, 0.3) is 0 Å². The second kappa shape index (κ2) is 4.68. The summed E-state index contributed by atoms with van der Waals surface area (Å²) in [6, 6.07) is 8.00. The number of halogens is 1. The third-order valence-corrected chi connectivity index (χ3v) is 2.77. The largest absolute Gasteiger partial charge is 0.324 e. The lowest BCUT2D eigenvalue weighted by Crippen LogP contribution is -2.12. The maximum Gasteiger partial charge on any atom is 0.0790 e. The Bertz CT molecular complexity index is 479. The van der Waals surface area contributed by atoms with Gasteiger partial charge < -0.3 is 5.73 Å². The SMILES string of the molecule is CC[C@H](N)c1ccccc1-n1cc(Cl)cn1. The van der Waals surface area contributed by atoms with E-state index in [1.54, 1.807) is 17.1 Å². The smallest absolute Gasteiger partial charge is 0.0790 e. The molecule has 0 saturated carbocycles. The Labute approximate surface area is 99.8 Å². The zero-order chi connectivity index (χ0) is 11.5. The average molecular weight is 236 g/mol. The fourth-order valence-corrected chi connectivity index (χ4v) is 1.80. The summed E-state index contributed by atoms with van der Waals surface area (Å²) < 4.78 is 1.76. The number of nitrogens with zero attached hydrogens (tertiary/aromatic N) is 2. The standard InChI is InChI=1S/C12H14ClN3/c1-2-11(14)10-5-3-4-6-12(10)16-8-9(13)7-15-16/h3-8,11H,2,14H2,1H3/t11-/m0/s1. The third kappa shape index (κ3) is 2.10. The predicted molar refractivity (Wildman–Crippen MR) is 65.8 cm³/mol. The summed E-state index contributed by atoms with van der Waals surface area (Å²) in [5.41, 5.74) is 8.14. The van der Waals surface area contributed by atoms with E-state index in [0.717, 1.165) is 17.7 Å². The van der Waals surface area contributed by atoms with E-state index in [0.29, 0.717) is 5.02 Å². The highest BCUT2D eigenvalue weighted by Gasteiger charge is 2.10. The van der Waals surface area contributed by atoms with Crippen LogP contribution >= 0.6 is 11.6 Å². The van der Waals surface area contributed by atoms with Gasteiger partial charge in [-0.05, 0) is 18.1 Å². The van der Waals surface area contributed by atoms with Gasteiger partial charge in [0, 0.05) is 12.2 Å². The molecule has 0 spiro atoms. The van der Waals surface area contributed by atoms with E-state index in [4.69, 9.17) is 17.3 Å². The number of hydrogen-bond donors (Lipinski definition) is 1. The summed E-state index contributed by atoms with van der Waals surface area (Å²) in [6.07, 6.45) is 4.30. The van der Waals surface area contributed by atoms with Crippen LogP contribution in [0.1, 0.15) is 24.9 Å². The molecule has 0 saturated heterocycles. The quantitative estimate of drug-likeness (QED) is 0.889. The van der Waals surface area contributed by atoms with Crippen LogP contribution in [0.5, 0.6) is 0 Å². The molecule has 1 aromatic carbocycles. The maximum atomic E-state index is 6.07. The molecule has 0 amide bonds. The van der Waals surface area contributed by atoms with Crippen molar-refractivity contribution in [1.82, 2.24) is 9.78 Å². The lowest BCUT2D eigenvalue weighted by atomic mass is 10.0. The van der Waals surface area contributed by atoms with Crippen LogP contribution in [-0.4, -0.2) is 9.78 Å². The Morgan fingerprint density at radius 1 is 1.44 bits per heavy atom. The van der Waals surface area contributed by atoms with Gasteiger partial charge in [-0.25, -0.2) is 4.68 Å². The number of hydrogen-bond acceptors (Lipinski definition) is 2. The third-order valence-electron chi connectivity index (χ3n) is 2.57. The Balaban J connectivity index is 2.48. The lowest BCUT2D eigenvalue weighted by molar-refractivity contribution is 0.686. The van der Waals surface area contributed by atoms with E-state index in [-0.39, 0.29) is 6.04 Å². The normalized spacial score (nSPS) is 12.7. The first-order valence-corrected chi connectivity index (χ1v) is 5.65. The first-order chi connectivity index (χ1) is 7.72. The van der Waals surface area contributed by atoms with Gasteiger partial charge >= 0.3 is 0 Å². The maximum absolute atomic E-state index is 6.07. The van der Waals surface area contributed by atoms with E-state index < -0.39 is 0 Å². The topological polar surface area (TPSA) is 43.8 Å². The molecule has 84 valence electrons. The second-order valence-corrected chi connectivity index (χ2v) is 4.11. The van der Waals surface area contributed by atoms with Crippen LogP contribution in [0, 0.1) is 0 Å². The van der Waals surface area contributed by atoms with Crippen molar-refractivity contribution in [2.24, 2.45) is 5.73 Å². The minimum absolute atomic E-state index is 0.0270. The summed E-state index contributed by atoms with van der Waals surface area (Å²) in [5.74, 6) is 0. The molecular weight excluding hydrogens is 222 g/mol. The zero-order valence-corrected chi connectivity index (χ0v) is 9.85. The summed E-state index contributed by atoms with van der Waals surface area (Å²) in [4.78, 5) is 0. The minimum atomic E-state index is 0.0270. The molecule has 1 heterocycles. The number of para-hydroxylation sites is 1. The molecule has 3 nitrogen and oxygen atoms in total. The van der Waals surface area contributed by atoms with Gasteiger partial charge in [-0.1, -0.05) is 36.7 Å². The molecule has 0 aliphatic rings. The van der Waals surface area contributed by atoms with Gasteiger partial charge in [0.05, 0.1) is 16.9 Å². The summed E-state index contributed by atoms with van der Waals surface area (Å²) in [6.45, 7) is 2.07. The van der Waals surface area contributed by atoms with E-state index in [1.807, 2.05) is 24.3 Å². The fourth-order valence-electron chi connectivity index (χ4n) is 1.66. The molecule has 1 atom stereocenters. The van der Waals surface area contributed by atoms with Gasteiger partial charge in [-0.15, -0.1) is 0 Å². The van der Waals surface area contributed by atoms with Crippen molar-refractivity contribution in [2.75, 3.05) is 0 Å². The van der Waals surface area contributed by atoms with E-state index in [2.05, 4.69) is 12.0 Å². The van der Waals surface area contributed by atoms with Crippen molar-refractivity contribution < 1.29 is 0 Å². The lowest BCUT2D eigenvalue weighted by Gasteiger charge is -2.14. The summed E-state index contributed by atoms with van der Waals surface area (Å²) in [5, 5.41) is 4.82. The monoisotopic (exact) mass is 235 g/mol. The van der Waals surface area contributed by atoms with Gasteiger partial charge in [0.15, 0.2) is 0 Å². The molecule has 0 radical (unpaired) electrons. The van der Waals surface area contributed by atoms with Crippen LogP contribution in [0.3, 0.4) is 0 Å². The van der Waals surface area contributed by atoms with Gasteiger partial charge in [-0.2, -0.15) is 5.10 Å². The van der Waals surface area contributed by atoms with Crippen molar-refractivity contribution in [3.8, 4) is 5.69 Å². The molecule has 16 heavy (non-hydrogen) atoms. The van der Waals surface area contributed by atoms with E-state index >= 15 is 0 Å². The number of nitrogens with two attached hydrogens (primary N) is 1. The van der Waals surface area contributed by atoms with Crippen LogP contribution in [-0.2, 0) is 0 Å². The molecule has 0 aliphatic heterocycles. The van der Waals surface area contributed by atoms with Crippen LogP contribution < -0.4 is 5.73 Å². The van der Waals surface area contributed by atoms with Crippen molar-refractivity contribution in [3.05, 3.63) is 47.2 Å². The minimum Gasteiger partial charge on any atom is -0.324 e. The van der Waals surface area contributed by atoms with Crippen LogP contribution in [0.2, 0.25) is 5.02 Å². The Morgan fingerprint density at radius 3 is 2.81 bits per heavy atom. The highest BCUT2D eigenvalue weighted by atomic mass is 35.5. The molecule has 0 fully saturated rings. The highest BCUT2D eigenvalue weighted by Crippen LogP contribution is 2.22. The fraction of sp³-hybridized carbons (Fsp3) is 0.250. The van der Waals surface area contributed by atoms with Crippen LogP contribution in [0.4, 0.5) is 0 Å². The Morgan fingerprint density at radius 2 is 2.19 bits per heavy atom. The number of benzene rings is 1. The van der Waals surface area contributed by atoms with Crippen molar-refractivity contribution >= 4 is 11.6 Å². The van der Waals surface area contributed by atoms with E-state index in [9.17, 15) is 0 Å². The first kappa shape index (κ1) is 11.2. The Kier molecular flexibility index (Phi) is 3.27. The summed E-state index contributed by atoms with van der Waals surface area (Å²) >= 11 is 5.86. The van der Waals surface area contributed by atoms with Gasteiger partial charge in [0.1, 0.15) is 0 Å². The average Bonchev–Trinajstić information content (AvgIpc) is 2.75. The second-order valence-electron chi connectivity index (χ2n) is 3.68. The molecule has 1 aromatic heterocycles. The summed E-state index contributed by atoms with van der Waals surface area (Å²) in [7, 11) is 0. The molecule has 0 unspecified atom stereocenters. The molecule has 2 rings (SSSR count). The zero-order valence-electron chi connectivity index (χ0n) is 9.10. The van der Waals surface area contributed by atoms with E-state index in [1.165, 1.54) is 0 Å². The van der Waals surface area contributed by atoms with Crippen molar-refractivity contribution in [1.29, 1.82) is 0 Å². The van der Waals surface area contributed by atoms with Gasteiger partial charge in [-0.3, -0.25) is 0 Å². The molecular formula is C12H14ClN3. The first-order valence-electron chi connectivity index (χ1n) is 5.27. The molecule has 4 heteroatoms. The predicted octanol–water partition coefficient (Wildman–Crippen LogP) is 2.94.